The standard InChI is InChI=1S/C13H12N4O2S/c1-8-4-5-14-12(15-8)17-13(20)16-9-2-3-10-11(6-9)19-7-18-10/h2-6H,7H2,1H3,(H2,14,15,16,17,20). The van der Waals surface area contributed by atoms with Crippen molar-refractivity contribution in [2.75, 3.05) is 17.4 Å². The normalized spacial score (nSPS) is 12.1. The number of thiocarbonyl (C=S) groups is 1. The van der Waals surface area contributed by atoms with E-state index < -0.39 is 0 Å². The van der Waals surface area contributed by atoms with Crippen molar-refractivity contribution in [3.8, 4) is 11.5 Å². The lowest BCUT2D eigenvalue weighted by atomic mass is 10.3. The third kappa shape index (κ3) is 2.77. The Morgan fingerprint density at radius 3 is 2.90 bits per heavy atom. The lowest BCUT2D eigenvalue weighted by Crippen LogP contribution is -2.20. The summed E-state index contributed by atoms with van der Waals surface area (Å²) in [5.41, 5.74) is 1.67. The smallest absolute Gasteiger partial charge is 0.231 e. The molecule has 0 fully saturated rings. The maximum atomic E-state index is 5.30. The number of hydrogen-bond donors (Lipinski definition) is 2. The van der Waals surface area contributed by atoms with E-state index in [2.05, 4.69) is 20.6 Å². The fourth-order valence-corrected chi connectivity index (χ4v) is 1.96. The monoisotopic (exact) mass is 288 g/mol. The fourth-order valence-electron chi connectivity index (χ4n) is 1.75. The Labute approximate surface area is 121 Å². The van der Waals surface area contributed by atoms with Gasteiger partial charge in [-0.3, -0.25) is 0 Å². The van der Waals surface area contributed by atoms with Crippen LogP contribution < -0.4 is 20.1 Å². The van der Waals surface area contributed by atoms with E-state index in [1.807, 2.05) is 31.2 Å². The summed E-state index contributed by atoms with van der Waals surface area (Å²) in [6.07, 6.45) is 1.67. The first-order valence-corrected chi connectivity index (χ1v) is 6.39. The summed E-state index contributed by atoms with van der Waals surface area (Å²) < 4.78 is 10.6. The minimum atomic E-state index is 0.249. The topological polar surface area (TPSA) is 68.3 Å². The van der Waals surface area contributed by atoms with E-state index in [9.17, 15) is 0 Å². The summed E-state index contributed by atoms with van der Waals surface area (Å²) in [5, 5.41) is 6.38. The number of fused-ring (bicyclic) bond motifs is 1. The summed E-state index contributed by atoms with van der Waals surface area (Å²) in [7, 11) is 0. The molecule has 2 aromatic rings. The summed E-state index contributed by atoms with van der Waals surface area (Å²) in [6.45, 7) is 2.14. The number of benzene rings is 1. The van der Waals surface area contributed by atoms with Crippen molar-refractivity contribution in [1.29, 1.82) is 0 Å². The van der Waals surface area contributed by atoms with Gasteiger partial charge in [0.1, 0.15) is 0 Å². The van der Waals surface area contributed by atoms with Crippen LogP contribution in [0.3, 0.4) is 0 Å². The van der Waals surface area contributed by atoms with Gasteiger partial charge in [0.15, 0.2) is 16.6 Å². The maximum absolute atomic E-state index is 5.30. The van der Waals surface area contributed by atoms with Crippen molar-refractivity contribution in [2.24, 2.45) is 0 Å². The van der Waals surface area contributed by atoms with Crippen molar-refractivity contribution >= 4 is 29.0 Å². The van der Waals surface area contributed by atoms with Crippen LogP contribution in [0.5, 0.6) is 11.5 Å². The van der Waals surface area contributed by atoms with E-state index in [-0.39, 0.29) is 6.79 Å². The van der Waals surface area contributed by atoms with Gasteiger partial charge >= 0.3 is 0 Å². The van der Waals surface area contributed by atoms with E-state index in [4.69, 9.17) is 21.7 Å². The molecule has 7 heteroatoms. The van der Waals surface area contributed by atoms with Gasteiger partial charge in [0.25, 0.3) is 0 Å². The zero-order valence-corrected chi connectivity index (χ0v) is 11.5. The Bertz CT molecular complexity index is 663. The highest BCUT2D eigenvalue weighted by Crippen LogP contribution is 2.34. The molecule has 1 aliphatic rings. The molecule has 1 aliphatic heterocycles. The number of nitrogens with zero attached hydrogens (tertiary/aromatic N) is 2. The quantitative estimate of drug-likeness (QED) is 0.822. The van der Waals surface area contributed by atoms with E-state index in [0.717, 1.165) is 17.1 Å². The predicted octanol–water partition coefficient (Wildman–Crippen LogP) is 2.32. The minimum absolute atomic E-state index is 0.249. The second kappa shape index (κ2) is 5.30. The Balaban J connectivity index is 1.67. The number of ether oxygens (including phenoxy) is 2. The highest BCUT2D eigenvalue weighted by molar-refractivity contribution is 7.80. The van der Waals surface area contributed by atoms with Crippen LogP contribution in [0.1, 0.15) is 5.69 Å². The lowest BCUT2D eigenvalue weighted by Gasteiger charge is -2.09. The van der Waals surface area contributed by atoms with E-state index in [1.54, 1.807) is 6.20 Å². The first kappa shape index (κ1) is 12.6. The van der Waals surface area contributed by atoms with Crippen molar-refractivity contribution < 1.29 is 9.47 Å². The molecule has 102 valence electrons. The minimum Gasteiger partial charge on any atom is -0.454 e. The second-order valence-electron chi connectivity index (χ2n) is 4.17. The summed E-state index contributed by atoms with van der Waals surface area (Å²) in [4.78, 5) is 8.30. The Morgan fingerprint density at radius 2 is 2.05 bits per heavy atom. The molecule has 0 spiro atoms. The molecule has 20 heavy (non-hydrogen) atoms. The number of aryl methyl sites for hydroxylation is 1. The van der Waals surface area contributed by atoms with Gasteiger partial charge in [-0.05, 0) is 37.3 Å². The number of aromatic nitrogens is 2. The van der Waals surface area contributed by atoms with Gasteiger partial charge in [0.05, 0.1) is 0 Å². The molecule has 2 N–H and O–H groups in total. The van der Waals surface area contributed by atoms with Crippen LogP contribution >= 0.6 is 12.2 Å². The molecule has 0 bridgehead atoms. The van der Waals surface area contributed by atoms with Crippen molar-refractivity contribution in [3.05, 3.63) is 36.2 Å². The number of nitrogens with one attached hydrogen (secondary N) is 2. The first-order chi connectivity index (χ1) is 9.70. The Hall–Kier alpha value is -2.41. The molecule has 3 rings (SSSR count). The number of anilines is 2. The van der Waals surface area contributed by atoms with Gasteiger partial charge in [-0.2, -0.15) is 0 Å². The zero-order valence-electron chi connectivity index (χ0n) is 10.7. The third-order valence-corrected chi connectivity index (χ3v) is 2.85. The average Bonchev–Trinajstić information content (AvgIpc) is 2.86. The summed E-state index contributed by atoms with van der Waals surface area (Å²) in [6, 6.07) is 7.34. The summed E-state index contributed by atoms with van der Waals surface area (Å²) >= 11 is 5.21. The van der Waals surface area contributed by atoms with E-state index in [0.29, 0.717) is 16.8 Å². The molecule has 0 saturated heterocycles. The molecule has 0 atom stereocenters. The van der Waals surface area contributed by atoms with Gasteiger partial charge in [0, 0.05) is 23.6 Å². The zero-order chi connectivity index (χ0) is 13.9. The highest BCUT2D eigenvalue weighted by Gasteiger charge is 2.13. The van der Waals surface area contributed by atoms with E-state index >= 15 is 0 Å². The number of hydrogen-bond acceptors (Lipinski definition) is 5. The van der Waals surface area contributed by atoms with Crippen LogP contribution in [0.15, 0.2) is 30.5 Å². The molecule has 0 saturated carbocycles. The predicted molar refractivity (Wildman–Crippen MR) is 79.2 cm³/mol. The Kier molecular flexibility index (Phi) is 3.34. The first-order valence-electron chi connectivity index (χ1n) is 5.98. The van der Waals surface area contributed by atoms with Gasteiger partial charge < -0.3 is 20.1 Å². The maximum Gasteiger partial charge on any atom is 0.231 e. The molecule has 6 nitrogen and oxygen atoms in total. The van der Waals surface area contributed by atoms with Gasteiger partial charge in [0.2, 0.25) is 12.7 Å². The van der Waals surface area contributed by atoms with E-state index in [1.165, 1.54) is 0 Å². The van der Waals surface area contributed by atoms with Crippen LogP contribution in [0.4, 0.5) is 11.6 Å². The third-order valence-electron chi connectivity index (χ3n) is 2.65. The van der Waals surface area contributed by atoms with Gasteiger partial charge in [-0.1, -0.05) is 0 Å². The molecular weight excluding hydrogens is 276 g/mol. The van der Waals surface area contributed by atoms with Crippen LogP contribution in [-0.4, -0.2) is 21.9 Å². The van der Waals surface area contributed by atoms with Crippen LogP contribution in [-0.2, 0) is 0 Å². The molecule has 0 aliphatic carbocycles. The average molecular weight is 288 g/mol. The Morgan fingerprint density at radius 1 is 1.20 bits per heavy atom. The molecule has 0 unspecified atom stereocenters. The molecule has 0 radical (unpaired) electrons. The van der Waals surface area contributed by atoms with Gasteiger partial charge in [-0.25, -0.2) is 9.97 Å². The summed E-state index contributed by atoms with van der Waals surface area (Å²) in [5.74, 6) is 1.89. The lowest BCUT2D eigenvalue weighted by molar-refractivity contribution is 0.174. The van der Waals surface area contributed by atoms with Crippen molar-refractivity contribution in [3.63, 3.8) is 0 Å². The van der Waals surface area contributed by atoms with Crippen LogP contribution in [0, 0.1) is 6.92 Å². The highest BCUT2D eigenvalue weighted by atomic mass is 32.1. The number of rotatable bonds is 2. The molecule has 2 heterocycles. The van der Waals surface area contributed by atoms with Crippen molar-refractivity contribution in [2.45, 2.75) is 6.92 Å². The SMILES string of the molecule is Cc1ccnc(NC(=S)Nc2ccc3c(c2)OCO3)n1. The molecule has 1 aromatic carbocycles. The fraction of sp³-hybridized carbons (Fsp3) is 0.154. The molecular formula is C13H12N4O2S. The molecule has 0 amide bonds. The largest absolute Gasteiger partial charge is 0.454 e. The van der Waals surface area contributed by atoms with Gasteiger partial charge in [-0.15, -0.1) is 0 Å². The second-order valence-corrected chi connectivity index (χ2v) is 4.58. The van der Waals surface area contributed by atoms with Crippen LogP contribution in [0.2, 0.25) is 0 Å². The van der Waals surface area contributed by atoms with Crippen molar-refractivity contribution in [1.82, 2.24) is 9.97 Å². The van der Waals surface area contributed by atoms with Crippen LogP contribution in [0.25, 0.3) is 0 Å². The molecule has 1 aromatic heterocycles.